The Balaban J connectivity index is 1.84. The van der Waals surface area contributed by atoms with Gasteiger partial charge in [-0.2, -0.15) is 0 Å². The van der Waals surface area contributed by atoms with E-state index in [9.17, 15) is 0 Å². The molecule has 0 saturated heterocycles. The van der Waals surface area contributed by atoms with Gasteiger partial charge < -0.3 is 5.32 Å². The van der Waals surface area contributed by atoms with Gasteiger partial charge in [0, 0.05) is 30.6 Å². The maximum absolute atomic E-state index is 4.48. The zero-order valence-electron chi connectivity index (χ0n) is 12.2. The van der Waals surface area contributed by atoms with E-state index in [1.807, 2.05) is 6.92 Å². The van der Waals surface area contributed by atoms with Gasteiger partial charge in [-0.15, -0.1) is 11.3 Å². The van der Waals surface area contributed by atoms with Crippen molar-refractivity contribution in [2.45, 2.75) is 40.7 Å². The topological polar surface area (TPSA) is 24.9 Å². The van der Waals surface area contributed by atoms with Crippen molar-refractivity contribution in [3.63, 3.8) is 0 Å². The molecule has 0 amide bonds. The number of aromatic nitrogens is 1. The molecular weight excluding hydrogens is 252 g/mol. The molecule has 0 radical (unpaired) electrons. The van der Waals surface area contributed by atoms with Gasteiger partial charge in [-0.3, -0.25) is 0 Å². The first-order valence-corrected chi connectivity index (χ1v) is 7.62. The molecule has 0 unspecified atom stereocenters. The van der Waals surface area contributed by atoms with Crippen molar-refractivity contribution in [2.75, 3.05) is 6.54 Å². The van der Waals surface area contributed by atoms with Gasteiger partial charge in [0.25, 0.3) is 0 Å². The molecule has 102 valence electrons. The largest absolute Gasteiger partial charge is 0.312 e. The predicted molar refractivity (Wildman–Crippen MR) is 82.9 cm³/mol. The first-order valence-electron chi connectivity index (χ1n) is 6.74. The number of benzene rings is 1. The molecule has 0 aliphatic heterocycles. The van der Waals surface area contributed by atoms with Crippen molar-refractivity contribution < 1.29 is 0 Å². The fourth-order valence-corrected chi connectivity index (χ4v) is 2.92. The van der Waals surface area contributed by atoms with Crippen LogP contribution in [0.15, 0.2) is 17.5 Å². The van der Waals surface area contributed by atoms with E-state index in [4.69, 9.17) is 0 Å². The van der Waals surface area contributed by atoms with Gasteiger partial charge in [0.05, 0.1) is 5.01 Å². The van der Waals surface area contributed by atoms with E-state index in [-0.39, 0.29) is 0 Å². The van der Waals surface area contributed by atoms with Gasteiger partial charge in [-0.05, 0) is 49.9 Å². The maximum atomic E-state index is 4.48. The van der Waals surface area contributed by atoms with Gasteiger partial charge in [0.15, 0.2) is 0 Å². The summed E-state index contributed by atoms with van der Waals surface area (Å²) >= 11 is 1.75. The first kappa shape index (κ1) is 14.2. The Hall–Kier alpha value is -1.19. The third-order valence-corrected chi connectivity index (χ3v) is 4.48. The van der Waals surface area contributed by atoms with E-state index in [2.05, 4.69) is 48.6 Å². The van der Waals surface area contributed by atoms with Gasteiger partial charge >= 0.3 is 0 Å². The standard InChI is InChI=1S/C16H22N2S/c1-11-7-13(3)15(8-12(11)2)9-17-6-5-16-18-14(4)10-19-16/h7-8,10,17H,5-6,9H2,1-4H3. The van der Waals surface area contributed by atoms with E-state index in [1.165, 1.54) is 27.3 Å². The monoisotopic (exact) mass is 274 g/mol. The number of thiazole rings is 1. The van der Waals surface area contributed by atoms with Crippen LogP contribution in [-0.4, -0.2) is 11.5 Å². The minimum Gasteiger partial charge on any atom is -0.312 e. The number of rotatable bonds is 5. The lowest BCUT2D eigenvalue weighted by atomic mass is 10.0. The molecule has 1 heterocycles. The zero-order chi connectivity index (χ0) is 13.8. The van der Waals surface area contributed by atoms with Gasteiger partial charge in [-0.1, -0.05) is 12.1 Å². The average Bonchev–Trinajstić information content (AvgIpc) is 2.77. The summed E-state index contributed by atoms with van der Waals surface area (Å²) in [5.74, 6) is 0. The maximum Gasteiger partial charge on any atom is 0.0940 e. The van der Waals surface area contributed by atoms with Crippen LogP contribution < -0.4 is 5.32 Å². The lowest BCUT2D eigenvalue weighted by Gasteiger charge is -2.10. The van der Waals surface area contributed by atoms with Crippen molar-refractivity contribution in [3.8, 4) is 0 Å². The lowest BCUT2D eigenvalue weighted by Crippen LogP contribution is -2.17. The minimum absolute atomic E-state index is 0.942. The summed E-state index contributed by atoms with van der Waals surface area (Å²) in [5, 5.41) is 6.85. The Kier molecular flexibility index (Phi) is 4.72. The molecule has 2 rings (SSSR count). The molecule has 0 atom stereocenters. The quantitative estimate of drug-likeness (QED) is 0.841. The molecule has 0 saturated carbocycles. The van der Waals surface area contributed by atoms with Crippen LogP contribution in [0, 0.1) is 27.7 Å². The third kappa shape index (κ3) is 3.88. The van der Waals surface area contributed by atoms with E-state index in [0.717, 1.165) is 25.2 Å². The summed E-state index contributed by atoms with van der Waals surface area (Å²) in [6, 6.07) is 4.57. The smallest absolute Gasteiger partial charge is 0.0940 e. The summed E-state index contributed by atoms with van der Waals surface area (Å²) in [5.41, 5.74) is 6.65. The summed E-state index contributed by atoms with van der Waals surface area (Å²) < 4.78 is 0. The SMILES string of the molecule is Cc1csc(CCNCc2cc(C)c(C)cc2C)n1. The van der Waals surface area contributed by atoms with Gasteiger partial charge in [0.2, 0.25) is 0 Å². The highest BCUT2D eigenvalue weighted by atomic mass is 32.1. The van der Waals surface area contributed by atoms with Crippen molar-refractivity contribution in [1.29, 1.82) is 0 Å². The minimum atomic E-state index is 0.942. The first-order chi connectivity index (χ1) is 9.06. The van der Waals surface area contributed by atoms with Crippen LogP contribution in [-0.2, 0) is 13.0 Å². The molecule has 0 bridgehead atoms. The lowest BCUT2D eigenvalue weighted by molar-refractivity contribution is 0.682. The van der Waals surface area contributed by atoms with E-state index in [0.29, 0.717) is 0 Å². The van der Waals surface area contributed by atoms with Crippen molar-refractivity contribution in [1.82, 2.24) is 10.3 Å². The molecule has 2 nitrogen and oxygen atoms in total. The Bertz CT molecular complexity index is 558. The number of nitrogens with zero attached hydrogens (tertiary/aromatic N) is 1. The highest BCUT2D eigenvalue weighted by Crippen LogP contribution is 2.15. The van der Waals surface area contributed by atoms with E-state index >= 15 is 0 Å². The summed E-state index contributed by atoms with van der Waals surface area (Å²) in [4.78, 5) is 4.48. The fraction of sp³-hybridized carbons (Fsp3) is 0.438. The normalized spacial score (nSPS) is 10.9. The molecule has 0 aliphatic carbocycles. The molecule has 1 aromatic heterocycles. The Morgan fingerprint density at radius 3 is 2.47 bits per heavy atom. The van der Waals surface area contributed by atoms with Crippen molar-refractivity contribution in [3.05, 3.63) is 50.5 Å². The van der Waals surface area contributed by atoms with Gasteiger partial charge in [0.1, 0.15) is 0 Å². The van der Waals surface area contributed by atoms with Crippen LogP contribution in [0.25, 0.3) is 0 Å². The molecule has 1 N–H and O–H groups in total. The Labute approximate surface area is 119 Å². The second kappa shape index (κ2) is 6.31. The van der Waals surface area contributed by atoms with Crippen molar-refractivity contribution >= 4 is 11.3 Å². The molecular formula is C16H22N2S. The molecule has 1 aromatic carbocycles. The summed E-state index contributed by atoms with van der Waals surface area (Å²) in [6.07, 6.45) is 1.02. The Morgan fingerprint density at radius 2 is 1.79 bits per heavy atom. The average molecular weight is 274 g/mol. The highest BCUT2D eigenvalue weighted by molar-refractivity contribution is 7.09. The predicted octanol–water partition coefficient (Wildman–Crippen LogP) is 3.71. The molecule has 0 aliphatic rings. The molecule has 3 heteroatoms. The number of nitrogens with one attached hydrogen (secondary N) is 1. The number of aryl methyl sites for hydroxylation is 4. The molecule has 0 fully saturated rings. The third-order valence-electron chi connectivity index (χ3n) is 3.45. The van der Waals surface area contributed by atoms with Crippen LogP contribution in [0.1, 0.15) is 33.0 Å². The van der Waals surface area contributed by atoms with E-state index in [1.54, 1.807) is 11.3 Å². The second-order valence-electron chi connectivity index (χ2n) is 5.17. The van der Waals surface area contributed by atoms with Crippen LogP contribution in [0.3, 0.4) is 0 Å². The van der Waals surface area contributed by atoms with Crippen LogP contribution >= 0.6 is 11.3 Å². The molecule has 0 spiro atoms. The number of hydrogen-bond donors (Lipinski definition) is 1. The van der Waals surface area contributed by atoms with E-state index < -0.39 is 0 Å². The highest BCUT2D eigenvalue weighted by Gasteiger charge is 2.02. The fourth-order valence-electron chi connectivity index (χ4n) is 2.15. The van der Waals surface area contributed by atoms with Crippen molar-refractivity contribution in [2.24, 2.45) is 0 Å². The second-order valence-corrected chi connectivity index (χ2v) is 6.12. The van der Waals surface area contributed by atoms with Gasteiger partial charge in [-0.25, -0.2) is 4.98 Å². The number of hydrogen-bond acceptors (Lipinski definition) is 3. The van der Waals surface area contributed by atoms with Crippen LogP contribution in [0.4, 0.5) is 0 Å². The molecule has 19 heavy (non-hydrogen) atoms. The zero-order valence-corrected chi connectivity index (χ0v) is 13.0. The van der Waals surface area contributed by atoms with Crippen LogP contribution in [0.2, 0.25) is 0 Å². The Morgan fingerprint density at radius 1 is 1.05 bits per heavy atom. The molecule has 2 aromatic rings. The summed E-state index contributed by atoms with van der Waals surface area (Å²) in [7, 11) is 0. The summed E-state index contributed by atoms with van der Waals surface area (Å²) in [6.45, 7) is 10.5. The van der Waals surface area contributed by atoms with Crippen LogP contribution in [0.5, 0.6) is 0 Å².